The van der Waals surface area contributed by atoms with Crippen molar-refractivity contribution in [2.45, 2.75) is 34.1 Å². The van der Waals surface area contributed by atoms with Crippen LogP contribution in [0.5, 0.6) is 0 Å². The fourth-order valence-electron chi connectivity index (χ4n) is 1.99. The van der Waals surface area contributed by atoms with Gasteiger partial charge in [-0.25, -0.2) is 9.78 Å². The molecule has 0 fully saturated rings. The minimum Gasteiger partial charge on any atom is -0.307 e. The molecule has 118 valence electrons. The van der Waals surface area contributed by atoms with Crippen molar-refractivity contribution in [3.63, 3.8) is 0 Å². The van der Waals surface area contributed by atoms with Gasteiger partial charge in [-0.05, 0) is 30.4 Å². The molecule has 0 spiro atoms. The van der Waals surface area contributed by atoms with Crippen molar-refractivity contribution in [3.8, 4) is 0 Å². The van der Waals surface area contributed by atoms with Crippen molar-refractivity contribution >= 4 is 29.1 Å². The van der Waals surface area contributed by atoms with Crippen LogP contribution in [0.2, 0.25) is 5.15 Å². The highest BCUT2D eigenvalue weighted by atomic mass is 35.5. The van der Waals surface area contributed by atoms with Gasteiger partial charge in [0.2, 0.25) is 0 Å². The molecular formula is C15H20ClN5O. The molecule has 2 amide bonds. The number of aromatic amines is 1. The summed E-state index contributed by atoms with van der Waals surface area (Å²) in [5, 5.41) is 12.8. The maximum Gasteiger partial charge on any atom is 0.324 e. The van der Waals surface area contributed by atoms with Crippen LogP contribution in [0.1, 0.15) is 32.0 Å². The fourth-order valence-corrected chi connectivity index (χ4v) is 2.15. The fraction of sp³-hybridized carbons (Fsp3) is 0.400. The second-order valence-electron chi connectivity index (χ2n) is 6.42. The number of nitrogens with one attached hydrogen (secondary N) is 3. The number of urea groups is 1. The average Bonchev–Trinajstić information content (AvgIpc) is 2.78. The van der Waals surface area contributed by atoms with Gasteiger partial charge in [-0.1, -0.05) is 32.4 Å². The highest BCUT2D eigenvalue weighted by Gasteiger charge is 2.14. The molecule has 0 radical (unpaired) electrons. The van der Waals surface area contributed by atoms with E-state index in [0.717, 1.165) is 17.7 Å². The number of hydrogen-bond donors (Lipinski definition) is 3. The summed E-state index contributed by atoms with van der Waals surface area (Å²) in [7, 11) is 0. The molecule has 0 bridgehead atoms. The number of pyridine rings is 1. The van der Waals surface area contributed by atoms with Crippen LogP contribution in [-0.4, -0.2) is 21.2 Å². The Hall–Kier alpha value is -2.08. The van der Waals surface area contributed by atoms with Crippen molar-refractivity contribution in [2.75, 3.05) is 10.6 Å². The van der Waals surface area contributed by atoms with Crippen LogP contribution in [0.3, 0.4) is 0 Å². The summed E-state index contributed by atoms with van der Waals surface area (Å²) in [4.78, 5) is 15.9. The lowest BCUT2D eigenvalue weighted by molar-refractivity contribution is 0.262. The van der Waals surface area contributed by atoms with Crippen LogP contribution in [0.15, 0.2) is 18.3 Å². The minimum atomic E-state index is -0.376. The van der Waals surface area contributed by atoms with Gasteiger partial charge in [0.05, 0.1) is 0 Å². The molecule has 0 aliphatic carbocycles. The number of carbonyl (C=O) groups excluding carboxylic acids is 1. The summed E-state index contributed by atoms with van der Waals surface area (Å²) >= 11 is 5.83. The zero-order valence-electron chi connectivity index (χ0n) is 13.1. The molecule has 6 nitrogen and oxygen atoms in total. The standard InChI is InChI=1S/C15H20ClN5O/c1-9-8-17-12(16)6-11(9)18-14(22)19-13-5-10(20-21-13)7-15(2,3)4/h5-6,8H,7H2,1-4H3,(H3,17,18,19,20,21,22). The number of rotatable bonds is 3. The van der Waals surface area contributed by atoms with Gasteiger partial charge in [-0.3, -0.25) is 10.4 Å². The van der Waals surface area contributed by atoms with Gasteiger partial charge in [0, 0.05) is 23.6 Å². The number of hydrogen-bond acceptors (Lipinski definition) is 3. The van der Waals surface area contributed by atoms with E-state index in [0.29, 0.717) is 16.7 Å². The predicted molar refractivity (Wildman–Crippen MR) is 88.4 cm³/mol. The molecule has 0 aliphatic rings. The van der Waals surface area contributed by atoms with Crippen LogP contribution < -0.4 is 10.6 Å². The van der Waals surface area contributed by atoms with Gasteiger partial charge in [-0.15, -0.1) is 0 Å². The largest absolute Gasteiger partial charge is 0.324 e. The number of halogens is 1. The predicted octanol–water partition coefficient (Wildman–Crippen LogP) is 4.00. The second kappa shape index (κ2) is 6.36. The Balaban J connectivity index is 1.99. The molecular weight excluding hydrogens is 302 g/mol. The summed E-state index contributed by atoms with van der Waals surface area (Å²) in [5.74, 6) is 0.481. The van der Waals surface area contributed by atoms with Crippen molar-refractivity contribution in [2.24, 2.45) is 5.41 Å². The Labute approximate surface area is 134 Å². The van der Waals surface area contributed by atoms with Crippen molar-refractivity contribution in [1.29, 1.82) is 0 Å². The highest BCUT2D eigenvalue weighted by Crippen LogP contribution is 2.21. The zero-order valence-corrected chi connectivity index (χ0v) is 13.9. The molecule has 0 atom stereocenters. The molecule has 0 unspecified atom stereocenters. The topological polar surface area (TPSA) is 82.7 Å². The van der Waals surface area contributed by atoms with Crippen LogP contribution in [0.4, 0.5) is 16.3 Å². The molecule has 0 saturated carbocycles. The molecule has 0 aromatic carbocycles. The molecule has 0 saturated heterocycles. The maximum atomic E-state index is 12.0. The van der Waals surface area contributed by atoms with Gasteiger partial charge >= 0.3 is 6.03 Å². The quantitative estimate of drug-likeness (QED) is 0.747. The number of carbonyl (C=O) groups is 1. The first-order chi connectivity index (χ1) is 10.2. The van der Waals surface area contributed by atoms with Gasteiger partial charge in [-0.2, -0.15) is 5.10 Å². The Morgan fingerprint density at radius 3 is 2.73 bits per heavy atom. The SMILES string of the molecule is Cc1cnc(Cl)cc1NC(=O)Nc1cc(CC(C)(C)C)[nH]n1. The lowest BCUT2D eigenvalue weighted by Crippen LogP contribution is -2.20. The number of nitrogens with zero attached hydrogens (tertiary/aromatic N) is 2. The van der Waals surface area contributed by atoms with E-state index < -0.39 is 0 Å². The van der Waals surface area contributed by atoms with E-state index in [9.17, 15) is 4.79 Å². The van der Waals surface area contributed by atoms with E-state index in [2.05, 4.69) is 46.6 Å². The van der Waals surface area contributed by atoms with Crippen molar-refractivity contribution in [3.05, 3.63) is 34.7 Å². The zero-order chi connectivity index (χ0) is 16.3. The molecule has 0 aliphatic heterocycles. The molecule has 3 N–H and O–H groups in total. The molecule has 22 heavy (non-hydrogen) atoms. The first kappa shape index (κ1) is 16.3. The number of H-pyrrole nitrogens is 1. The molecule has 2 aromatic rings. The van der Waals surface area contributed by atoms with Gasteiger partial charge in [0.15, 0.2) is 5.82 Å². The first-order valence-corrected chi connectivity index (χ1v) is 7.35. The molecule has 2 aromatic heterocycles. The normalized spacial score (nSPS) is 11.3. The van der Waals surface area contributed by atoms with Gasteiger partial charge in [0.1, 0.15) is 5.15 Å². The van der Waals surface area contributed by atoms with Crippen LogP contribution in [-0.2, 0) is 6.42 Å². The van der Waals surface area contributed by atoms with Gasteiger partial charge in [0.25, 0.3) is 0 Å². The van der Waals surface area contributed by atoms with Crippen molar-refractivity contribution in [1.82, 2.24) is 15.2 Å². The third kappa shape index (κ3) is 4.73. The lowest BCUT2D eigenvalue weighted by Gasteiger charge is -2.15. The van der Waals surface area contributed by atoms with E-state index in [4.69, 9.17) is 11.6 Å². The van der Waals surface area contributed by atoms with E-state index in [-0.39, 0.29) is 11.4 Å². The first-order valence-electron chi connectivity index (χ1n) is 6.97. The summed E-state index contributed by atoms with van der Waals surface area (Å²) in [6.07, 6.45) is 2.45. The molecule has 7 heteroatoms. The monoisotopic (exact) mass is 321 g/mol. The third-order valence-electron chi connectivity index (χ3n) is 2.91. The van der Waals surface area contributed by atoms with Crippen molar-refractivity contribution < 1.29 is 4.79 Å². The Morgan fingerprint density at radius 1 is 1.32 bits per heavy atom. The van der Waals surface area contributed by atoms with Crippen LogP contribution in [0, 0.1) is 12.3 Å². The number of aryl methyl sites for hydroxylation is 1. The number of amides is 2. The number of aromatic nitrogens is 3. The molecule has 2 rings (SSSR count). The van der Waals surface area contributed by atoms with Crippen LogP contribution >= 0.6 is 11.6 Å². The third-order valence-corrected chi connectivity index (χ3v) is 3.12. The summed E-state index contributed by atoms with van der Waals surface area (Å²) in [6, 6.07) is 3.06. The molecule has 2 heterocycles. The summed E-state index contributed by atoms with van der Waals surface area (Å²) in [6.45, 7) is 8.27. The second-order valence-corrected chi connectivity index (χ2v) is 6.80. The Morgan fingerprint density at radius 2 is 2.05 bits per heavy atom. The van der Waals surface area contributed by atoms with Crippen LogP contribution in [0.25, 0.3) is 0 Å². The maximum absolute atomic E-state index is 12.0. The Bertz CT molecular complexity index is 675. The Kier molecular flexibility index (Phi) is 4.71. The van der Waals surface area contributed by atoms with Gasteiger partial charge < -0.3 is 5.32 Å². The average molecular weight is 322 g/mol. The van der Waals surface area contributed by atoms with E-state index >= 15 is 0 Å². The van der Waals surface area contributed by atoms with E-state index in [1.807, 2.05) is 13.0 Å². The lowest BCUT2D eigenvalue weighted by atomic mass is 9.91. The summed E-state index contributed by atoms with van der Waals surface area (Å²) in [5.41, 5.74) is 2.57. The van der Waals surface area contributed by atoms with E-state index in [1.165, 1.54) is 0 Å². The van der Waals surface area contributed by atoms with E-state index in [1.54, 1.807) is 12.3 Å². The minimum absolute atomic E-state index is 0.150. The smallest absolute Gasteiger partial charge is 0.307 e. The number of anilines is 2. The highest BCUT2D eigenvalue weighted by molar-refractivity contribution is 6.29. The summed E-state index contributed by atoms with van der Waals surface area (Å²) < 4.78 is 0.